The minimum Gasteiger partial charge on any atom is -0.491 e. The molecule has 1 N–H and O–H groups in total. The van der Waals surface area contributed by atoms with Gasteiger partial charge < -0.3 is 24.4 Å². The molecule has 2 fully saturated rings. The van der Waals surface area contributed by atoms with Gasteiger partial charge in [-0.3, -0.25) is 14.5 Å². The zero-order valence-corrected chi connectivity index (χ0v) is 21.6. The molecule has 1 saturated carbocycles. The van der Waals surface area contributed by atoms with Gasteiger partial charge >= 0.3 is 0 Å². The zero-order chi connectivity index (χ0) is 24.9. The molecule has 0 spiro atoms. The number of hydrogen-bond donors (Lipinski definition) is 1. The molecule has 3 aliphatic rings. The lowest BCUT2D eigenvalue weighted by Crippen LogP contribution is -2.47. The van der Waals surface area contributed by atoms with Gasteiger partial charge in [-0.05, 0) is 62.6 Å². The first kappa shape index (κ1) is 25.9. The van der Waals surface area contributed by atoms with Gasteiger partial charge in [0, 0.05) is 64.7 Å². The smallest absolute Gasteiger partial charge is 0.257 e. The van der Waals surface area contributed by atoms with Crippen molar-refractivity contribution in [3.05, 3.63) is 23.8 Å². The first-order valence-corrected chi connectivity index (χ1v) is 13.0. The molecule has 4 rings (SSSR count). The Morgan fingerprint density at radius 2 is 1.89 bits per heavy atom. The Hall–Kier alpha value is -2.16. The number of benzene rings is 1. The number of likely N-dealkylation sites (N-methyl/N-ethyl adjacent to an activating group) is 1. The zero-order valence-electron chi connectivity index (χ0n) is 21.6. The van der Waals surface area contributed by atoms with Crippen LogP contribution in [0.15, 0.2) is 18.2 Å². The van der Waals surface area contributed by atoms with Crippen LogP contribution in [0.2, 0.25) is 0 Å². The van der Waals surface area contributed by atoms with Crippen LogP contribution in [0.1, 0.15) is 49.9 Å². The third-order valence-electron chi connectivity index (χ3n) is 7.62. The van der Waals surface area contributed by atoms with Crippen molar-refractivity contribution in [2.75, 3.05) is 58.9 Å². The standard InChI is InChI=1S/C27H41N3O5/c1-18-14-30(15-20-5-6-20)19(2)17-35-24-8-7-22(28-26(31)21-9-11-34-12-10-21)13-23(24)27(32)29(3)16-25(18)33-4/h7-8,13,18-21,25H,5-6,9-12,14-17H2,1-4H3,(H,28,31)/t18-,19+,25+/m1/s1. The number of rotatable bonds is 5. The topological polar surface area (TPSA) is 80.3 Å². The van der Waals surface area contributed by atoms with Crippen molar-refractivity contribution in [3.63, 3.8) is 0 Å². The van der Waals surface area contributed by atoms with Crippen LogP contribution in [0.25, 0.3) is 0 Å². The molecule has 0 radical (unpaired) electrons. The average molecular weight is 488 g/mol. The molecule has 35 heavy (non-hydrogen) atoms. The van der Waals surface area contributed by atoms with Crippen LogP contribution in [0, 0.1) is 17.8 Å². The van der Waals surface area contributed by atoms with Crippen molar-refractivity contribution in [2.24, 2.45) is 17.8 Å². The molecule has 1 aromatic rings. The maximum absolute atomic E-state index is 13.5. The van der Waals surface area contributed by atoms with Crippen LogP contribution in [-0.2, 0) is 14.3 Å². The van der Waals surface area contributed by atoms with Crippen LogP contribution < -0.4 is 10.1 Å². The number of nitrogens with zero attached hydrogens (tertiary/aromatic N) is 2. The monoisotopic (exact) mass is 487 g/mol. The van der Waals surface area contributed by atoms with E-state index in [1.807, 2.05) is 6.07 Å². The number of fused-ring (bicyclic) bond motifs is 1. The third kappa shape index (κ3) is 6.74. The second-order valence-electron chi connectivity index (χ2n) is 10.6. The highest BCUT2D eigenvalue weighted by Gasteiger charge is 2.32. The highest BCUT2D eigenvalue weighted by atomic mass is 16.5. The number of methoxy groups -OCH3 is 1. The predicted octanol–water partition coefficient (Wildman–Crippen LogP) is 3.27. The molecule has 8 heteroatoms. The van der Waals surface area contributed by atoms with Gasteiger partial charge in [-0.2, -0.15) is 0 Å². The van der Waals surface area contributed by atoms with Crippen molar-refractivity contribution < 1.29 is 23.8 Å². The molecule has 0 bridgehead atoms. The molecule has 1 saturated heterocycles. The van der Waals surface area contributed by atoms with Crippen molar-refractivity contribution in [1.29, 1.82) is 0 Å². The second kappa shape index (κ2) is 11.7. The SMILES string of the molecule is CO[C@H]1CN(C)C(=O)c2cc(NC(=O)C3CCOCC3)ccc2OC[C@H](C)N(CC2CC2)C[C@H]1C. The highest BCUT2D eigenvalue weighted by molar-refractivity contribution is 5.99. The summed E-state index contributed by atoms with van der Waals surface area (Å²) in [5.74, 6) is 1.35. The Bertz CT molecular complexity index is 884. The first-order valence-electron chi connectivity index (χ1n) is 13.0. The second-order valence-corrected chi connectivity index (χ2v) is 10.6. The Morgan fingerprint density at radius 3 is 2.57 bits per heavy atom. The van der Waals surface area contributed by atoms with E-state index in [1.165, 1.54) is 12.8 Å². The molecule has 0 aromatic heterocycles. The molecule has 2 aliphatic heterocycles. The Kier molecular flexibility index (Phi) is 8.68. The van der Waals surface area contributed by atoms with Gasteiger partial charge in [0.15, 0.2) is 0 Å². The van der Waals surface area contributed by atoms with E-state index >= 15 is 0 Å². The molecule has 2 amide bonds. The summed E-state index contributed by atoms with van der Waals surface area (Å²) in [5.41, 5.74) is 1.07. The number of carbonyl (C=O) groups excluding carboxylic acids is 2. The van der Waals surface area contributed by atoms with Gasteiger partial charge in [0.2, 0.25) is 5.91 Å². The number of nitrogens with one attached hydrogen (secondary N) is 1. The number of anilines is 1. The molecular weight excluding hydrogens is 446 g/mol. The number of hydrogen-bond acceptors (Lipinski definition) is 6. The van der Waals surface area contributed by atoms with Crippen molar-refractivity contribution >= 4 is 17.5 Å². The van der Waals surface area contributed by atoms with E-state index in [2.05, 4.69) is 24.1 Å². The lowest BCUT2D eigenvalue weighted by Gasteiger charge is -2.36. The summed E-state index contributed by atoms with van der Waals surface area (Å²) in [6.07, 6.45) is 3.96. The van der Waals surface area contributed by atoms with Crippen LogP contribution >= 0.6 is 0 Å². The molecule has 8 nitrogen and oxygen atoms in total. The quantitative estimate of drug-likeness (QED) is 0.687. The fourth-order valence-electron chi connectivity index (χ4n) is 5.02. The number of carbonyl (C=O) groups is 2. The van der Waals surface area contributed by atoms with Crippen molar-refractivity contribution in [2.45, 2.75) is 51.7 Å². The molecule has 1 aliphatic carbocycles. The fourth-order valence-corrected chi connectivity index (χ4v) is 5.02. The van der Waals surface area contributed by atoms with E-state index in [-0.39, 0.29) is 35.8 Å². The van der Waals surface area contributed by atoms with Crippen LogP contribution in [0.3, 0.4) is 0 Å². The third-order valence-corrected chi connectivity index (χ3v) is 7.62. The van der Waals surface area contributed by atoms with Gasteiger partial charge in [0.25, 0.3) is 5.91 Å². The minimum atomic E-state index is -0.139. The molecule has 2 heterocycles. The lowest BCUT2D eigenvalue weighted by atomic mass is 9.99. The van der Waals surface area contributed by atoms with Crippen LogP contribution in [-0.4, -0.2) is 87.4 Å². The summed E-state index contributed by atoms with van der Waals surface area (Å²) in [5, 5.41) is 3.00. The Morgan fingerprint density at radius 1 is 1.14 bits per heavy atom. The van der Waals surface area contributed by atoms with Gasteiger partial charge in [-0.1, -0.05) is 6.92 Å². The number of ether oxygens (including phenoxy) is 3. The average Bonchev–Trinajstić information content (AvgIpc) is 3.69. The molecular formula is C27H41N3O5. The lowest BCUT2D eigenvalue weighted by molar-refractivity contribution is -0.122. The number of amides is 2. The maximum Gasteiger partial charge on any atom is 0.257 e. The fraction of sp³-hybridized carbons (Fsp3) is 0.704. The summed E-state index contributed by atoms with van der Waals surface area (Å²) in [4.78, 5) is 30.5. The van der Waals surface area contributed by atoms with E-state index in [4.69, 9.17) is 14.2 Å². The van der Waals surface area contributed by atoms with Crippen molar-refractivity contribution in [3.8, 4) is 5.75 Å². The Balaban J connectivity index is 1.57. The van der Waals surface area contributed by atoms with E-state index < -0.39 is 0 Å². The maximum atomic E-state index is 13.5. The molecule has 3 atom stereocenters. The van der Waals surface area contributed by atoms with E-state index in [1.54, 1.807) is 31.2 Å². The van der Waals surface area contributed by atoms with Gasteiger partial charge in [0.05, 0.1) is 11.7 Å². The minimum absolute atomic E-state index is 0.0271. The van der Waals surface area contributed by atoms with Crippen LogP contribution in [0.5, 0.6) is 5.75 Å². The Labute approximate surface area is 209 Å². The normalized spacial score (nSPS) is 27.4. The van der Waals surface area contributed by atoms with E-state index in [0.717, 1.165) is 19.0 Å². The molecule has 0 unspecified atom stereocenters. The van der Waals surface area contributed by atoms with Gasteiger partial charge in [0.1, 0.15) is 12.4 Å². The summed E-state index contributed by atoms with van der Waals surface area (Å²) in [7, 11) is 3.52. The molecule has 194 valence electrons. The first-order chi connectivity index (χ1) is 16.9. The largest absolute Gasteiger partial charge is 0.491 e. The van der Waals surface area contributed by atoms with E-state index in [0.29, 0.717) is 56.2 Å². The van der Waals surface area contributed by atoms with Gasteiger partial charge in [-0.25, -0.2) is 0 Å². The summed E-state index contributed by atoms with van der Waals surface area (Å²) < 4.78 is 17.5. The van der Waals surface area contributed by atoms with Crippen molar-refractivity contribution in [1.82, 2.24) is 9.80 Å². The van der Waals surface area contributed by atoms with E-state index in [9.17, 15) is 9.59 Å². The van der Waals surface area contributed by atoms with Crippen LogP contribution in [0.4, 0.5) is 5.69 Å². The van der Waals surface area contributed by atoms with Gasteiger partial charge in [-0.15, -0.1) is 0 Å². The predicted molar refractivity (Wildman–Crippen MR) is 135 cm³/mol. The summed E-state index contributed by atoms with van der Waals surface area (Å²) in [6.45, 7) is 8.57. The molecule has 1 aromatic carbocycles. The summed E-state index contributed by atoms with van der Waals surface area (Å²) in [6, 6.07) is 5.58. The highest BCUT2D eigenvalue weighted by Crippen LogP contribution is 2.32. The summed E-state index contributed by atoms with van der Waals surface area (Å²) >= 11 is 0.